The van der Waals surface area contributed by atoms with Gasteiger partial charge in [0, 0.05) is 13.1 Å². The molecule has 0 aliphatic carbocycles. The summed E-state index contributed by atoms with van der Waals surface area (Å²) in [6.45, 7) is 0.970. The number of hydrogen-bond acceptors (Lipinski definition) is 4. The van der Waals surface area contributed by atoms with Gasteiger partial charge in [0.15, 0.2) is 0 Å². The second-order valence-corrected chi connectivity index (χ2v) is 10.4. The van der Waals surface area contributed by atoms with Crippen LogP contribution in [-0.4, -0.2) is 34.2 Å². The van der Waals surface area contributed by atoms with Crippen LogP contribution in [0.2, 0.25) is 0 Å². The smallest absolute Gasteiger partial charge is 0.225 e. The highest BCUT2D eigenvalue weighted by atomic mass is 32.2. The average Bonchev–Trinajstić information content (AvgIpc) is 2.67. The molecule has 1 aliphatic heterocycles. The molecule has 1 fully saturated rings. The molecule has 8 heteroatoms. The van der Waals surface area contributed by atoms with Gasteiger partial charge in [0.05, 0.1) is 9.79 Å². The van der Waals surface area contributed by atoms with Crippen LogP contribution in [0.15, 0.2) is 64.4 Å². The number of rotatable bonds is 6. The monoisotopic (exact) mass is 408 g/mol. The van der Waals surface area contributed by atoms with Crippen LogP contribution in [0.25, 0.3) is 0 Å². The normalized spacial score (nSPS) is 17.1. The van der Waals surface area contributed by atoms with Crippen LogP contribution in [0, 0.1) is 5.92 Å². The van der Waals surface area contributed by atoms with E-state index in [0.717, 1.165) is 25.7 Å². The minimum atomic E-state index is -3.83. The molecular formula is C19H24N2O4S2. The zero-order valence-electron chi connectivity index (χ0n) is 15.0. The molecule has 2 aromatic carbocycles. The summed E-state index contributed by atoms with van der Waals surface area (Å²) in [6.07, 6.45) is 3.73. The highest BCUT2D eigenvalue weighted by molar-refractivity contribution is 7.89. The Morgan fingerprint density at radius 2 is 1.41 bits per heavy atom. The molecule has 2 aromatic rings. The minimum Gasteiger partial charge on any atom is -0.225 e. The van der Waals surface area contributed by atoms with Gasteiger partial charge in [-0.1, -0.05) is 30.3 Å². The fraction of sp³-hybridized carbons (Fsp3) is 0.368. The van der Waals surface area contributed by atoms with Crippen molar-refractivity contribution in [1.29, 1.82) is 0 Å². The number of aryl methyl sites for hydroxylation is 1. The van der Waals surface area contributed by atoms with Crippen LogP contribution in [0.4, 0.5) is 0 Å². The Bertz CT molecular complexity index is 964. The van der Waals surface area contributed by atoms with E-state index < -0.39 is 20.0 Å². The predicted molar refractivity (Wildman–Crippen MR) is 104 cm³/mol. The molecule has 3 rings (SSSR count). The van der Waals surface area contributed by atoms with Gasteiger partial charge in [-0.05, 0) is 61.4 Å². The van der Waals surface area contributed by atoms with E-state index in [4.69, 9.17) is 5.14 Å². The first kappa shape index (κ1) is 20.0. The number of benzene rings is 2. The standard InChI is InChI=1S/C19H24N2O4S2/c20-26(22,23)18-8-10-19(11-9-18)27(24,25)21-14-12-17(13-15-21)7-6-16-4-2-1-3-5-16/h1-5,8-11,17H,6-7,12-15H2,(H2,20,22,23). The van der Waals surface area contributed by atoms with E-state index >= 15 is 0 Å². The molecule has 1 aliphatic rings. The summed E-state index contributed by atoms with van der Waals surface area (Å²) in [5.74, 6) is 0.515. The molecule has 0 atom stereocenters. The SMILES string of the molecule is NS(=O)(=O)c1ccc(S(=O)(=O)N2CCC(CCc3ccccc3)CC2)cc1. The van der Waals surface area contributed by atoms with Crippen molar-refractivity contribution in [2.24, 2.45) is 11.1 Å². The van der Waals surface area contributed by atoms with Gasteiger partial charge in [0.1, 0.15) is 0 Å². The van der Waals surface area contributed by atoms with E-state index in [1.54, 1.807) is 0 Å². The molecule has 1 saturated heterocycles. The van der Waals surface area contributed by atoms with E-state index in [1.807, 2.05) is 18.2 Å². The molecule has 146 valence electrons. The molecule has 0 unspecified atom stereocenters. The number of hydrogen-bond donors (Lipinski definition) is 1. The van der Waals surface area contributed by atoms with Crippen LogP contribution in [0.3, 0.4) is 0 Å². The lowest BCUT2D eigenvalue weighted by atomic mass is 9.91. The van der Waals surface area contributed by atoms with Crippen LogP contribution in [0.1, 0.15) is 24.8 Å². The molecule has 0 saturated carbocycles. The van der Waals surface area contributed by atoms with Gasteiger partial charge in [-0.25, -0.2) is 22.0 Å². The average molecular weight is 409 g/mol. The van der Waals surface area contributed by atoms with Gasteiger partial charge in [-0.15, -0.1) is 0 Å². The molecule has 27 heavy (non-hydrogen) atoms. The fourth-order valence-electron chi connectivity index (χ4n) is 3.40. The Hall–Kier alpha value is -1.74. The molecule has 0 bridgehead atoms. The summed E-state index contributed by atoms with van der Waals surface area (Å²) < 4.78 is 49.7. The van der Waals surface area contributed by atoms with Crippen molar-refractivity contribution in [1.82, 2.24) is 4.31 Å². The second kappa shape index (κ2) is 8.10. The molecule has 1 heterocycles. The van der Waals surface area contributed by atoms with Crippen molar-refractivity contribution < 1.29 is 16.8 Å². The Balaban J connectivity index is 1.59. The van der Waals surface area contributed by atoms with Gasteiger partial charge in [-0.2, -0.15) is 4.31 Å². The summed E-state index contributed by atoms with van der Waals surface area (Å²) in [7, 11) is -7.45. The molecular weight excluding hydrogens is 384 g/mol. The zero-order chi connectivity index (χ0) is 19.5. The summed E-state index contributed by atoms with van der Waals surface area (Å²) in [6, 6.07) is 15.4. The maximum atomic E-state index is 12.8. The van der Waals surface area contributed by atoms with Gasteiger partial charge >= 0.3 is 0 Å². The Morgan fingerprint density at radius 3 is 1.96 bits per heavy atom. The molecule has 0 radical (unpaired) electrons. The Kier molecular flexibility index (Phi) is 6.00. The van der Waals surface area contributed by atoms with Crippen molar-refractivity contribution in [2.75, 3.05) is 13.1 Å². The van der Waals surface area contributed by atoms with Gasteiger partial charge < -0.3 is 0 Å². The Morgan fingerprint density at radius 1 is 0.852 bits per heavy atom. The van der Waals surface area contributed by atoms with E-state index in [1.165, 1.54) is 34.1 Å². The largest absolute Gasteiger partial charge is 0.243 e. The highest BCUT2D eigenvalue weighted by Crippen LogP contribution is 2.27. The van der Waals surface area contributed by atoms with E-state index in [-0.39, 0.29) is 9.79 Å². The van der Waals surface area contributed by atoms with Crippen molar-refractivity contribution >= 4 is 20.0 Å². The fourth-order valence-corrected chi connectivity index (χ4v) is 5.39. The van der Waals surface area contributed by atoms with Gasteiger partial charge in [-0.3, -0.25) is 0 Å². The first-order chi connectivity index (χ1) is 12.8. The molecule has 0 amide bonds. The third kappa shape index (κ3) is 4.95. The molecule has 6 nitrogen and oxygen atoms in total. The zero-order valence-corrected chi connectivity index (χ0v) is 16.6. The number of piperidine rings is 1. The lowest BCUT2D eigenvalue weighted by Crippen LogP contribution is -2.38. The maximum absolute atomic E-state index is 12.8. The molecule has 0 spiro atoms. The number of nitrogens with zero attached hydrogens (tertiary/aromatic N) is 1. The first-order valence-electron chi connectivity index (χ1n) is 8.94. The second-order valence-electron chi connectivity index (χ2n) is 6.89. The van der Waals surface area contributed by atoms with E-state index in [0.29, 0.717) is 19.0 Å². The van der Waals surface area contributed by atoms with Crippen molar-refractivity contribution in [2.45, 2.75) is 35.5 Å². The van der Waals surface area contributed by atoms with E-state index in [9.17, 15) is 16.8 Å². The third-order valence-electron chi connectivity index (χ3n) is 5.05. The van der Waals surface area contributed by atoms with Crippen molar-refractivity contribution in [3.8, 4) is 0 Å². The lowest BCUT2D eigenvalue weighted by Gasteiger charge is -2.31. The van der Waals surface area contributed by atoms with Crippen molar-refractivity contribution in [3.63, 3.8) is 0 Å². The van der Waals surface area contributed by atoms with E-state index in [2.05, 4.69) is 12.1 Å². The summed E-state index contributed by atoms with van der Waals surface area (Å²) in [5, 5.41) is 5.06. The number of nitrogens with two attached hydrogens (primary N) is 1. The van der Waals surface area contributed by atoms with Crippen LogP contribution in [0.5, 0.6) is 0 Å². The highest BCUT2D eigenvalue weighted by Gasteiger charge is 2.29. The predicted octanol–water partition coefficient (Wildman–Crippen LogP) is 2.37. The minimum absolute atomic E-state index is 0.0950. The lowest BCUT2D eigenvalue weighted by molar-refractivity contribution is 0.263. The third-order valence-corrected chi connectivity index (χ3v) is 7.89. The molecule has 0 aromatic heterocycles. The Labute approximate surface area is 161 Å². The number of primary sulfonamides is 1. The van der Waals surface area contributed by atoms with Gasteiger partial charge in [0.2, 0.25) is 20.0 Å². The van der Waals surface area contributed by atoms with Crippen molar-refractivity contribution in [3.05, 3.63) is 60.2 Å². The quantitative estimate of drug-likeness (QED) is 0.793. The first-order valence-corrected chi connectivity index (χ1v) is 11.9. The summed E-state index contributed by atoms with van der Waals surface area (Å²) in [4.78, 5) is -0.00120. The van der Waals surface area contributed by atoms with Gasteiger partial charge in [0.25, 0.3) is 0 Å². The maximum Gasteiger partial charge on any atom is 0.243 e. The molecule has 2 N–H and O–H groups in total. The van der Waals surface area contributed by atoms with Crippen LogP contribution in [-0.2, 0) is 26.5 Å². The number of sulfonamides is 2. The summed E-state index contributed by atoms with van der Waals surface area (Å²) >= 11 is 0. The summed E-state index contributed by atoms with van der Waals surface area (Å²) in [5.41, 5.74) is 1.31. The van der Waals surface area contributed by atoms with Crippen LogP contribution < -0.4 is 5.14 Å². The van der Waals surface area contributed by atoms with Crippen LogP contribution >= 0.6 is 0 Å². The topological polar surface area (TPSA) is 97.5 Å².